The maximum atomic E-state index is 13.1. The highest BCUT2D eigenvalue weighted by Gasteiger charge is 2.18. The summed E-state index contributed by atoms with van der Waals surface area (Å²) in [6.07, 6.45) is 0. The molecule has 0 aromatic heterocycles. The molecule has 0 radical (unpaired) electrons. The molecule has 3 N–H and O–H groups in total. The normalized spacial score (nSPS) is 10.3. The molecule has 4 nitrogen and oxygen atoms in total. The Balaban J connectivity index is 3.25. The zero-order valence-corrected chi connectivity index (χ0v) is 7.38. The van der Waals surface area contributed by atoms with Crippen molar-refractivity contribution in [2.75, 3.05) is 7.11 Å². The third-order valence-electron chi connectivity index (χ3n) is 1.68. The van der Waals surface area contributed by atoms with E-state index < -0.39 is 17.4 Å². The van der Waals surface area contributed by atoms with Crippen molar-refractivity contribution in [3.05, 3.63) is 23.3 Å². The van der Waals surface area contributed by atoms with E-state index >= 15 is 0 Å². The number of aromatic hydroxyl groups is 1. The molecule has 1 aromatic carbocycles. The zero-order valence-electron chi connectivity index (χ0n) is 7.38. The largest absolute Gasteiger partial charge is 0.503 e. The van der Waals surface area contributed by atoms with E-state index in [4.69, 9.17) is 11.0 Å². The van der Waals surface area contributed by atoms with Crippen molar-refractivity contribution in [1.82, 2.24) is 0 Å². The summed E-state index contributed by atoms with van der Waals surface area (Å²) in [6, 6.07) is 1.07. The molecule has 0 unspecified atom stereocenters. The van der Waals surface area contributed by atoms with Gasteiger partial charge in [-0.1, -0.05) is 0 Å². The molecule has 0 saturated heterocycles. The number of nitrogens with two attached hydrogens (primary N) is 1. The van der Waals surface area contributed by atoms with Crippen LogP contribution in [0.4, 0.5) is 8.78 Å². The Bertz CT molecular complexity index is 344. The monoisotopic (exact) mass is 205 g/mol. The molecule has 0 saturated carbocycles. The van der Waals surface area contributed by atoms with Crippen molar-refractivity contribution >= 4 is 0 Å². The molecule has 0 spiro atoms. The van der Waals surface area contributed by atoms with Gasteiger partial charge in [0, 0.05) is 5.56 Å². The van der Waals surface area contributed by atoms with Crippen LogP contribution in [0.3, 0.4) is 0 Å². The van der Waals surface area contributed by atoms with E-state index in [-0.39, 0.29) is 17.9 Å². The van der Waals surface area contributed by atoms with Gasteiger partial charge < -0.3 is 9.84 Å². The van der Waals surface area contributed by atoms with Gasteiger partial charge in [-0.05, 0) is 6.07 Å². The van der Waals surface area contributed by atoms with Gasteiger partial charge in [0.2, 0.25) is 5.82 Å². The van der Waals surface area contributed by atoms with Crippen LogP contribution in [0, 0.1) is 11.6 Å². The molecular weight excluding hydrogens is 196 g/mol. The summed E-state index contributed by atoms with van der Waals surface area (Å²) < 4.78 is 30.7. The average molecular weight is 205 g/mol. The zero-order chi connectivity index (χ0) is 10.7. The maximum Gasteiger partial charge on any atom is 0.209 e. The van der Waals surface area contributed by atoms with Gasteiger partial charge >= 0.3 is 0 Å². The highest BCUT2D eigenvalue weighted by Crippen LogP contribution is 2.31. The number of ether oxygens (including phenoxy) is 1. The Morgan fingerprint density at radius 1 is 1.43 bits per heavy atom. The summed E-state index contributed by atoms with van der Waals surface area (Å²) in [5, 5.41) is 9.00. The van der Waals surface area contributed by atoms with Crippen LogP contribution in [-0.4, -0.2) is 12.2 Å². The van der Waals surface area contributed by atoms with E-state index in [0.717, 1.165) is 6.07 Å². The minimum Gasteiger partial charge on any atom is -0.503 e. The summed E-state index contributed by atoms with van der Waals surface area (Å²) in [5.74, 6) is 1.11. The summed E-state index contributed by atoms with van der Waals surface area (Å²) in [6.45, 7) is -0.282. The first kappa shape index (κ1) is 10.7. The Labute approximate surface area is 78.8 Å². The van der Waals surface area contributed by atoms with Gasteiger partial charge in [-0.3, -0.25) is 4.84 Å². The van der Waals surface area contributed by atoms with Crippen LogP contribution >= 0.6 is 0 Å². The minimum absolute atomic E-state index is 0.0803. The van der Waals surface area contributed by atoms with Crippen molar-refractivity contribution in [3.63, 3.8) is 0 Å². The molecule has 78 valence electrons. The first-order chi connectivity index (χ1) is 6.61. The molecule has 0 heterocycles. The Kier molecular flexibility index (Phi) is 3.21. The van der Waals surface area contributed by atoms with Gasteiger partial charge in [0.05, 0.1) is 13.7 Å². The minimum atomic E-state index is -1.15. The lowest BCUT2D eigenvalue weighted by molar-refractivity contribution is 0.120. The summed E-state index contributed by atoms with van der Waals surface area (Å²) in [7, 11) is 1.20. The number of halogens is 2. The lowest BCUT2D eigenvalue weighted by Gasteiger charge is -2.08. The second-order valence-corrected chi connectivity index (χ2v) is 2.53. The first-order valence-electron chi connectivity index (χ1n) is 3.67. The Morgan fingerprint density at radius 2 is 2.07 bits per heavy atom. The number of phenolic OH excluding ortho intramolecular Hbond substituents is 1. The van der Waals surface area contributed by atoms with Crippen molar-refractivity contribution in [1.29, 1.82) is 0 Å². The second-order valence-electron chi connectivity index (χ2n) is 2.53. The van der Waals surface area contributed by atoms with Crippen LogP contribution in [-0.2, 0) is 11.4 Å². The highest BCUT2D eigenvalue weighted by atomic mass is 19.1. The lowest BCUT2D eigenvalue weighted by atomic mass is 10.2. The molecule has 0 aliphatic carbocycles. The van der Waals surface area contributed by atoms with Crippen molar-refractivity contribution < 1.29 is 23.5 Å². The fourth-order valence-electron chi connectivity index (χ4n) is 0.993. The van der Waals surface area contributed by atoms with Crippen molar-refractivity contribution in [2.45, 2.75) is 6.61 Å². The van der Waals surface area contributed by atoms with Gasteiger partial charge in [0.25, 0.3) is 0 Å². The average Bonchev–Trinajstić information content (AvgIpc) is 2.19. The fourth-order valence-corrected chi connectivity index (χ4v) is 0.993. The lowest BCUT2D eigenvalue weighted by Crippen LogP contribution is -2.03. The molecule has 1 rings (SSSR count). The number of benzene rings is 1. The van der Waals surface area contributed by atoms with E-state index in [2.05, 4.69) is 9.57 Å². The maximum absolute atomic E-state index is 13.1. The van der Waals surface area contributed by atoms with Crippen molar-refractivity contribution in [2.24, 2.45) is 5.90 Å². The molecule has 6 heteroatoms. The van der Waals surface area contributed by atoms with E-state index in [0.29, 0.717) is 0 Å². The van der Waals surface area contributed by atoms with Gasteiger partial charge in [-0.15, -0.1) is 0 Å². The van der Waals surface area contributed by atoms with Gasteiger partial charge in [-0.25, -0.2) is 10.3 Å². The molecule has 0 aliphatic rings. The molecule has 1 aromatic rings. The summed E-state index contributed by atoms with van der Waals surface area (Å²) in [5.41, 5.74) is -0.0803. The topological polar surface area (TPSA) is 64.7 Å². The Hall–Kier alpha value is -1.40. The van der Waals surface area contributed by atoms with Crippen LogP contribution in [0.15, 0.2) is 6.07 Å². The van der Waals surface area contributed by atoms with Crippen LogP contribution in [0.1, 0.15) is 5.56 Å². The van der Waals surface area contributed by atoms with Gasteiger partial charge in [0.15, 0.2) is 17.3 Å². The van der Waals surface area contributed by atoms with Crippen LogP contribution in [0.5, 0.6) is 11.5 Å². The van der Waals surface area contributed by atoms with Crippen LogP contribution in [0.2, 0.25) is 0 Å². The number of hydrogen-bond acceptors (Lipinski definition) is 4. The Morgan fingerprint density at radius 3 is 2.57 bits per heavy atom. The molecule has 0 atom stereocenters. The molecule has 0 aliphatic heterocycles. The third kappa shape index (κ3) is 1.75. The number of hydrogen-bond donors (Lipinski definition) is 2. The first-order valence-corrected chi connectivity index (χ1v) is 3.67. The van der Waals surface area contributed by atoms with Crippen molar-refractivity contribution in [3.8, 4) is 11.5 Å². The highest BCUT2D eigenvalue weighted by molar-refractivity contribution is 5.40. The van der Waals surface area contributed by atoms with E-state index in [1.54, 1.807) is 0 Å². The van der Waals surface area contributed by atoms with E-state index in [1.807, 2.05) is 0 Å². The number of rotatable bonds is 3. The van der Waals surface area contributed by atoms with Crippen LogP contribution < -0.4 is 10.6 Å². The molecule has 0 fully saturated rings. The second kappa shape index (κ2) is 4.21. The van der Waals surface area contributed by atoms with E-state index in [9.17, 15) is 8.78 Å². The van der Waals surface area contributed by atoms with Gasteiger partial charge in [0.1, 0.15) is 0 Å². The summed E-state index contributed by atoms with van der Waals surface area (Å²) >= 11 is 0. The fraction of sp³-hybridized carbons (Fsp3) is 0.250. The molecular formula is C8H9F2NO3. The molecule has 14 heavy (non-hydrogen) atoms. The third-order valence-corrected chi connectivity index (χ3v) is 1.68. The predicted molar refractivity (Wildman–Crippen MR) is 43.6 cm³/mol. The van der Waals surface area contributed by atoms with Crippen LogP contribution in [0.25, 0.3) is 0 Å². The number of methoxy groups -OCH3 is 1. The van der Waals surface area contributed by atoms with Gasteiger partial charge in [-0.2, -0.15) is 4.39 Å². The predicted octanol–water partition coefficient (Wildman–Crippen LogP) is 1.07. The molecule has 0 amide bonds. The SMILES string of the molecule is COc1cc(CON)c(F)c(O)c1F. The van der Waals surface area contributed by atoms with E-state index in [1.165, 1.54) is 7.11 Å². The molecule has 0 bridgehead atoms. The summed E-state index contributed by atoms with van der Waals surface area (Å²) in [4.78, 5) is 4.17. The standard InChI is InChI=1S/C8H9F2NO3/c1-13-5-2-4(3-14-11)6(9)8(12)7(5)10/h2,12H,3,11H2,1H3. The smallest absolute Gasteiger partial charge is 0.209 e. The number of phenols is 1. The quantitative estimate of drug-likeness (QED) is 0.724.